The van der Waals surface area contributed by atoms with E-state index < -0.39 is 0 Å². The summed E-state index contributed by atoms with van der Waals surface area (Å²) in [6.07, 6.45) is 1.78. The Hall–Kier alpha value is -2.77. The first kappa shape index (κ1) is 25.5. The highest BCUT2D eigenvalue weighted by Crippen LogP contribution is 2.18. The van der Waals surface area contributed by atoms with E-state index in [0.29, 0.717) is 30.3 Å². The lowest BCUT2D eigenvalue weighted by Gasteiger charge is -2.15. The summed E-state index contributed by atoms with van der Waals surface area (Å²) >= 11 is 5.28. The Kier molecular flexibility index (Phi) is 10.3. The molecule has 0 aromatic heterocycles. The number of hydrogen-bond donors (Lipinski definition) is 3. The van der Waals surface area contributed by atoms with Gasteiger partial charge in [-0.05, 0) is 73.3 Å². The monoisotopic (exact) mass is 455 g/mol. The van der Waals surface area contributed by atoms with Gasteiger partial charge in [-0.1, -0.05) is 38.1 Å². The minimum Gasteiger partial charge on any atom is -0.385 e. The second kappa shape index (κ2) is 12.9. The fraction of sp³-hybridized carbons (Fsp3) is 0.400. The van der Waals surface area contributed by atoms with Gasteiger partial charge in [-0.15, -0.1) is 0 Å². The number of carbonyl (C=O) groups excluding carboxylic acids is 2. The third-order valence-corrected chi connectivity index (χ3v) is 5.17. The quantitative estimate of drug-likeness (QED) is 0.368. The van der Waals surface area contributed by atoms with Crippen molar-refractivity contribution in [3.05, 3.63) is 65.2 Å². The highest BCUT2D eigenvalue weighted by atomic mass is 32.1. The second-order valence-electron chi connectivity index (χ2n) is 8.18. The maximum absolute atomic E-state index is 12.6. The Bertz CT molecular complexity index is 896. The largest absolute Gasteiger partial charge is 0.385 e. The molecule has 2 aromatic rings. The van der Waals surface area contributed by atoms with Crippen molar-refractivity contribution >= 4 is 34.8 Å². The van der Waals surface area contributed by atoms with E-state index in [1.807, 2.05) is 19.1 Å². The Morgan fingerprint density at radius 3 is 2.25 bits per heavy atom. The molecule has 1 unspecified atom stereocenters. The predicted molar refractivity (Wildman–Crippen MR) is 133 cm³/mol. The maximum Gasteiger partial charge on any atom is 0.251 e. The molecule has 1 atom stereocenters. The van der Waals surface area contributed by atoms with Crippen LogP contribution >= 0.6 is 12.2 Å². The lowest BCUT2D eigenvalue weighted by molar-refractivity contribution is -0.120. The molecule has 6 nitrogen and oxygen atoms in total. The molecule has 0 heterocycles. The number of benzene rings is 2. The second-order valence-corrected chi connectivity index (χ2v) is 8.59. The number of amides is 2. The summed E-state index contributed by atoms with van der Waals surface area (Å²) in [5.74, 6) is -0.0515. The Morgan fingerprint density at radius 2 is 1.66 bits per heavy atom. The van der Waals surface area contributed by atoms with Crippen molar-refractivity contribution in [3.8, 4) is 0 Å². The SMILES string of the molecule is COCCCNC(=O)c1ccc(NC(=S)NC(=O)C(C)c2ccc(CC(C)C)cc2)cc1. The zero-order chi connectivity index (χ0) is 23.5. The van der Waals surface area contributed by atoms with Crippen LogP contribution in [0.15, 0.2) is 48.5 Å². The van der Waals surface area contributed by atoms with Gasteiger partial charge in [0.1, 0.15) is 0 Å². The zero-order valence-electron chi connectivity index (χ0n) is 19.2. The molecule has 0 bridgehead atoms. The third-order valence-electron chi connectivity index (χ3n) is 4.97. The van der Waals surface area contributed by atoms with E-state index in [4.69, 9.17) is 17.0 Å². The smallest absolute Gasteiger partial charge is 0.251 e. The fourth-order valence-corrected chi connectivity index (χ4v) is 3.39. The van der Waals surface area contributed by atoms with Gasteiger partial charge in [0.25, 0.3) is 5.91 Å². The van der Waals surface area contributed by atoms with Gasteiger partial charge in [0.2, 0.25) is 5.91 Å². The van der Waals surface area contributed by atoms with Crippen LogP contribution in [0.1, 0.15) is 54.6 Å². The molecule has 0 fully saturated rings. The molecule has 0 saturated heterocycles. The number of nitrogens with one attached hydrogen (secondary N) is 3. The van der Waals surface area contributed by atoms with Gasteiger partial charge < -0.3 is 20.7 Å². The maximum atomic E-state index is 12.6. The molecule has 0 spiro atoms. The van der Waals surface area contributed by atoms with Crippen molar-refractivity contribution in [2.24, 2.45) is 5.92 Å². The van der Waals surface area contributed by atoms with Gasteiger partial charge in [-0.2, -0.15) is 0 Å². The molecule has 7 heteroatoms. The van der Waals surface area contributed by atoms with E-state index in [1.54, 1.807) is 31.4 Å². The predicted octanol–water partition coefficient (Wildman–Crippen LogP) is 4.27. The molecule has 32 heavy (non-hydrogen) atoms. The molecule has 2 amide bonds. The van der Waals surface area contributed by atoms with Crippen LogP contribution in [0.4, 0.5) is 5.69 Å². The van der Waals surface area contributed by atoms with Gasteiger partial charge in [-0.3, -0.25) is 9.59 Å². The molecule has 2 rings (SSSR count). The molecule has 3 N–H and O–H groups in total. The Morgan fingerprint density at radius 1 is 1.00 bits per heavy atom. The van der Waals surface area contributed by atoms with Crippen LogP contribution in [0.5, 0.6) is 0 Å². The Labute approximate surface area is 196 Å². The van der Waals surface area contributed by atoms with Crippen LogP contribution in [0.2, 0.25) is 0 Å². The van der Waals surface area contributed by atoms with E-state index in [-0.39, 0.29) is 22.8 Å². The fourth-order valence-electron chi connectivity index (χ4n) is 3.17. The van der Waals surface area contributed by atoms with Crippen LogP contribution in [0.3, 0.4) is 0 Å². The first-order chi connectivity index (χ1) is 15.3. The van der Waals surface area contributed by atoms with E-state index in [0.717, 1.165) is 18.4 Å². The molecular formula is C25H33N3O3S. The summed E-state index contributed by atoms with van der Waals surface area (Å²) in [4.78, 5) is 24.7. The summed E-state index contributed by atoms with van der Waals surface area (Å²) in [6.45, 7) is 7.39. The average Bonchev–Trinajstić information content (AvgIpc) is 2.76. The lowest BCUT2D eigenvalue weighted by Crippen LogP contribution is -2.36. The van der Waals surface area contributed by atoms with Gasteiger partial charge in [0.05, 0.1) is 5.92 Å². The lowest BCUT2D eigenvalue weighted by atomic mass is 9.96. The van der Waals surface area contributed by atoms with E-state index in [1.165, 1.54) is 5.56 Å². The highest BCUT2D eigenvalue weighted by molar-refractivity contribution is 7.80. The van der Waals surface area contributed by atoms with Crippen molar-refractivity contribution in [1.82, 2.24) is 10.6 Å². The number of methoxy groups -OCH3 is 1. The number of ether oxygens (including phenoxy) is 1. The molecule has 0 aliphatic rings. The van der Waals surface area contributed by atoms with Crippen molar-refractivity contribution in [2.75, 3.05) is 25.6 Å². The summed E-state index contributed by atoms with van der Waals surface area (Å²) in [7, 11) is 1.63. The topological polar surface area (TPSA) is 79.5 Å². The van der Waals surface area contributed by atoms with E-state index >= 15 is 0 Å². The van der Waals surface area contributed by atoms with Crippen LogP contribution in [-0.2, 0) is 16.0 Å². The highest BCUT2D eigenvalue weighted by Gasteiger charge is 2.16. The van der Waals surface area contributed by atoms with Crippen LogP contribution < -0.4 is 16.0 Å². The van der Waals surface area contributed by atoms with Gasteiger partial charge in [0, 0.05) is 31.5 Å². The summed E-state index contributed by atoms with van der Waals surface area (Å²) in [5.41, 5.74) is 3.45. The van der Waals surface area contributed by atoms with E-state index in [2.05, 4.69) is 41.9 Å². The van der Waals surface area contributed by atoms with Crippen molar-refractivity contribution in [3.63, 3.8) is 0 Å². The van der Waals surface area contributed by atoms with Crippen LogP contribution in [0, 0.1) is 5.92 Å². The third kappa shape index (κ3) is 8.40. The first-order valence-electron chi connectivity index (χ1n) is 10.9. The van der Waals surface area contributed by atoms with E-state index in [9.17, 15) is 9.59 Å². The number of rotatable bonds is 10. The van der Waals surface area contributed by atoms with Gasteiger partial charge in [-0.25, -0.2) is 0 Å². The molecule has 0 aliphatic heterocycles. The number of thiocarbonyl (C=S) groups is 1. The normalized spacial score (nSPS) is 11.7. The number of anilines is 1. The molecule has 2 aromatic carbocycles. The zero-order valence-corrected chi connectivity index (χ0v) is 20.1. The standard InChI is InChI=1S/C25H33N3O3S/c1-17(2)16-19-6-8-20(9-7-19)18(3)23(29)28-25(32)27-22-12-10-21(11-13-22)24(30)26-14-5-15-31-4/h6-13,17-18H,5,14-16H2,1-4H3,(H,26,30)(H2,27,28,29,32). The molecule has 0 radical (unpaired) electrons. The van der Waals surface area contributed by atoms with Crippen LogP contribution in [0.25, 0.3) is 0 Å². The Balaban J connectivity index is 1.84. The average molecular weight is 456 g/mol. The first-order valence-corrected chi connectivity index (χ1v) is 11.3. The van der Waals surface area contributed by atoms with Crippen molar-refractivity contribution in [2.45, 2.75) is 39.5 Å². The molecular weight excluding hydrogens is 422 g/mol. The van der Waals surface area contributed by atoms with Crippen molar-refractivity contribution in [1.29, 1.82) is 0 Å². The van der Waals surface area contributed by atoms with Gasteiger partial charge in [0.15, 0.2) is 5.11 Å². The molecule has 0 saturated carbocycles. The minimum atomic E-state index is -0.327. The summed E-state index contributed by atoms with van der Waals surface area (Å²) in [5, 5.41) is 8.78. The summed E-state index contributed by atoms with van der Waals surface area (Å²) in [6, 6.07) is 15.1. The van der Waals surface area contributed by atoms with Crippen molar-refractivity contribution < 1.29 is 14.3 Å². The minimum absolute atomic E-state index is 0.142. The van der Waals surface area contributed by atoms with Crippen LogP contribution in [-0.4, -0.2) is 37.2 Å². The number of carbonyl (C=O) groups is 2. The molecule has 172 valence electrons. The summed E-state index contributed by atoms with van der Waals surface area (Å²) < 4.78 is 4.96. The van der Waals surface area contributed by atoms with Gasteiger partial charge >= 0.3 is 0 Å². The number of hydrogen-bond acceptors (Lipinski definition) is 4. The molecule has 0 aliphatic carbocycles.